The molecular weight excluding hydrogens is 506 g/mol. The lowest BCUT2D eigenvalue weighted by molar-refractivity contribution is 0.459. The summed E-state index contributed by atoms with van der Waals surface area (Å²) >= 11 is 3.42. The third-order valence-electron chi connectivity index (χ3n) is 5.46. The highest BCUT2D eigenvalue weighted by molar-refractivity contribution is 9.10. The second-order valence-electron chi connectivity index (χ2n) is 7.57. The van der Waals surface area contributed by atoms with Gasteiger partial charge in [0.05, 0.1) is 12.1 Å². The lowest BCUT2D eigenvalue weighted by Gasteiger charge is -2.07. The number of nitrogens with zero attached hydrogens (tertiary/aromatic N) is 6. The zero-order chi connectivity index (χ0) is 23.3. The standard InChI is InChI=1S/C22H18BrN7O3.H2O/c1-28-18-17(20(32)29(2)22(28)33)30(11-12-6-4-3-5-7-12)21(25-18)27-26-16-14-10-13(23)8-9-15(14)24-19(16)31;/h3-10,24,31H,11H2,1-2H3;1H2. The van der Waals surface area contributed by atoms with Crippen molar-refractivity contribution in [2.45, 2.75) is 6.54 Å². The molecule has 0 aliphatic heterocycles. The van der Waals surface area contributed by atoms with Gasteiger partial charge in [-0.2, -0.15) is 4.98 Å². The topological polar surface area (TPSA) is 154 Å². The summed E-state index contributed by atoms with van der Waals surface area (Å²) in [7, 11) is 2.97. The molecule has 0 aliphatic rings. The molecule has 4 N–H and O–H groups in total. The molecule has 0 saturated carbocycles. The Kier molecular flexibility index (Phi) is 5.94. The molecule has 5 rings (SSSR count). The van der Waals surface area contributed by atoms with Crippen LogP contribution in [0.25, 0.3) is 22.1 Å². The van der Waals surface area contributed by atoms with Crippen LogP contribution in [-0.2, 0) is 20.6 Å². The van der Waals surface area contributed by atoms with Crippen molar-refractivity contribution in [2.24, 2.45) is 24.3 Å². The molecule has 0 amide bonds. The number of fused-ring (bicyclic) bond motifs is 2. The van der Waals surface area contributed by atoms with Crippen LogP contribution in [0.2, 0.25) is 0 Å². The number of H-pyrrole nitrogens is 1. The maximum atomic E-state index is 13.0. The molecule has 12 heteroatoms. The summed E-state index contributed by atoms with van der Waals surface area (Å²) in [6.45, 7) is 0.296. The zero-order valence-corrected chi connectivity index (χ0v) is 19.7. The summed E-state index contributed by atoms with van der Waals surface area (Å²) < 4.78 is 4.78. The van der Waals surface area contributed by atoms with Gasteiger partial charge in [-0.1, -0.05) is 46.3 Å². The summed E-state index contributed by atoms with van der Waals surface area (Å²) in [5.74, 6) is -0.00298. The maximum absolute atomic E-state index is 13.0. The van der Waals surface area contributed by atoms with Gasteiger partial charge in [-0.05, 0) is 23.8 Å². The number of imidazole rings is 1. The van der Waals surface area contributed by atoms with E-state index in [1.165, 1.54) is 11.6 Å². The summed E-state index contributed by atoms with van der Waals surface area (Å²) in [5, 5.41) is 19.6. The number of aromatic amines is 1. The van der Waals surface area contributed by atoms with E-state index in [2.05, 4.69) is 36.1 Å². The van der Waals surface area contributed by atoms with Crippen molar-refractivity contribution in [3.05, 3.63) is 79.4 Å². The van der Waals surface area contributed by atoms with E-state index in [9.17, 15) is 14.7 Å². The Hall–Kier alpha value is -4.03. The van der Waals surface area contributed by atoms with E-state index in [-0.39, 0.29) is 34.2 Å². The normalized spacial score (nSPS) is 11.5. The van der Waals surface area contributed by atoms with E-state index in [1.54, 1.807) is 11.6 Å². The van der Waals surface area contributed by atoms with Crippen molar-refractivity contribution in [2.75, 3.05) is 0 Å². The Morgan fingerprint density at radius 3 is 2.53 bits per heavy atom. The SMILES string of the molecule is Cn1c(=O)c2c(nc(N=Nc3c(O)[nH]c4ccc(Br)cc34)n2Cc2ccccc2)n(C)c1=O.O. The highest BCUT2D eigenvalue weighted by Gasteiger charge is 2.20. The lowest BCUT2D eigenvalue weighted by atomic mass is 10.2. The Morgan fingerprint density at radius 2 is 1.79 bits per heavy atom. The Bertz CT molecular complexity index is 1680. The van der Waals surface area contributed by atoms with Gasteiger partial charge in [0.15, 0.2) is 16.9 Å². The molecule has 5 aromatic rings. The fourth-order valence-corrected chi connectivity index (χ4v) is 4.12. The smallest absolute Gasteiger partial charge is 0.332 e. The number of benzene rings is 2. The number of hydrogen-bond acceptors (Lipinski definition) is 6. The van der Waals surface area contributed by atoms with Gasteiger partial charge in [-0.25, -0.2) is 4.79 Å². The predicted molar refractivity (Wildman–Crippen MR) is 131 cm³/mol. The maximum Gasteiger partial charge on any atom is 0.332 e. The molecule has 0 saturated heterocycles. The third-order valence-corrected chi connectivity index (χ3v) is 5.96. The van der Waals surface area contributed by atoms with E-state index >= 15 is 0 Å². The van der Waals surface area contributed by atoms with Crippen molar-refractivity contribution in [3.63, 3.8) is 0 Å². The van der Waals surface area contributed by atoms with Crippen LogP contribution in [0.4, 0.5) is 11.6 Å². The van der Waals surface area contributed by atoms with Crippen molar-refractivity contribution >= 4 is 49.6 Å². The molecule has 0 atom stereocenters. The van der Waals surface area contributed by atoms with Gasteiger partial charge in [0.1, 0.15) is 0 Å². The predicted octanol–water partition coefficient (Wildman–Crippen LogP) is 3.02. The molecule has 0 spiro atoms. The molecule has 174 valence electrons. The first-order valence-corrected chi connectivity index (χ1v) is 10.8. The van der Waals surface area contributed by atoms with Crippen molar-refractivity contribution in [1.29, 1.82) is 0 Å². The number of hydrogen-bond donors (Lipinski definition) is 2. The minimum atomic E-state index is -0.487. The van der Waals surface area contributed by atoms with E-state index in [0.29, 0.717) is 17.4 Å². The molecule has 3 heterocycles. The van der Waals surface area contributed by atoms with Crippen molar-refractivity contribution in [3.8, 4) is 5.88 Å². The van der Waals surface area contributed by atoms with E-state index < -0.39 is 11.2 Å². The van der Waals surface area contributed by atoms with Crippen LogP contribution in [-0.4, -0.2) is 34.3 Å². The van der Waals surface area contributed by atoms with E-state index in [1.807, 2.05) is 48.5 Å². The molecule has 0 fully saturated rings. The van der Waals surface area contributed by atoms with Gasteiger partial charge in [0.25, 0.3) is 11.5 Å². The Morgan fingerprint density at radius 1 is 1.06 bits per heavy atom. The van der Waals surface area contributed by atoms with Crippen LogP contribution in [0.5, 0.6) is 5.88 Å². The van der Waals surface area contributed by atoms with Gasteiger partial charge < -0.3 is 15.6 Å². The summed E-state index contributed by atoms with van der Waals surface area (Å²) in [4.78, 5) is 32.7. The molecule has 0 bridgehead atoms. The number of aromatic nitrogens is 5. The van der Waals surface area contributed by atoms with Gasteiger partial charge in [0.2, 0.25) is 5.88 Å². The largest absolute Gasteiger partial charge is 0.493 e. The second kappa shape index (κ2) is 8.72. The number of nitrogens with one attached hydrogen (secondary N) is 1. The van der Waals surface area contributed by atoms with Crippen LogP contribution in [0.1, 0.15) is 5.56 Å². The molecule has 0 radical (unpaired) electrons. The quantitative estimate of drug-likeness (QED) is 0.346. The molecular formula is C22H20BrN7O4. The van der Waals surface area contributed by atoms with Crippen LogP contribution in [0.3, 0.4) is 0 Å². The van der Waals surface area contributed by atoms with Crippen LogP contribution >= 0.6 is 15.9 Å². The van der Waals surface area contributed by atoms with Gasteiger partial charge in [-0.3, -0.25) is 18.5 Å². The highest BCUT2D eigenvalue weighted by Crippen LogP contribution is 2.37. The Labute approximate surface area is 200 Å². The summed E-state index contributed by atoms with van der Waals surface area (Å²) in [6, 6.07) is 15.0. The van der Waals surface area contributed by atoms with Crippen molar-refractivity contribution < 1.29 is 10.6 Å². The molecule has 0 unspecified atom stereocenters. The zero-order valence-electron chi connectivity index (χ0n) is 18.2. The minimum Gasteiger partial charge on any atom is -0.493 e. The van der Waals surface area contributed by atoms with E-state index in [4.69, 9.17) is 0 Å². The van der Waals surface area contributed by atoms with Gasteiger partial charge >= 0.3 is 5.69 Å². The number of halogens is 1. The van der Waals surface area contributed by atoms with Gasteiger partial charge in [-0.15, -0.1) is 10.2 Å². The van der Waals surface area contributed by atoms with Crippen LogP contribution < -0.4 is 11.2 Å². The minimum absolute atomic E-state index is 0. The number of rotatable bonds is 4. The number of azo groups is 1. The molecule has 11 nitrogen and oxygen atoms in total. The average Bonchev–Trinajstić information content (AvgIpc) is 3.32. The second-order valence-corrected chi connectivity index (χ2v) is 8.49. The lowest BCUT2D eigenvalue weighted by Crippen LogP contribution is -2.37. The molecule has 0 aliphatic carbocycles. The van der Waals surface area contributed by atoms with Crippen LogP contribution in [0, 0.1) is 0 Å². The number of aryl methyl sites for hydroxylation is 1. The van der Waals surface area contributed by atoms with E-state index in [0.717, 1.165) is 14.6 Å². The first-order valence-electron chi connectivity index (χ1n) is 9.97. The van der Waals surface area contributed by atoms with Crippen molar-refractivity contribution in [1.82, 2.24) is 23.7 Å². The molecule has 34 heavy (non-hydrogen) atoms. The average molecular weight is 526 g/mol. The fraction of sp³-hybridized carbons (Fsp3) is 0.136. The summed E-state index contributed by atoms with van der Waals surface area (Å²) in [6.07, 6.45) is 0. The highest BCUT2D eigenvalue weighted by atomic mass is 79.9. The first-order chi connectivity index (χ1) is 15.8. The van der Waals surface area contributed by atoms with Crippen LogP contribution in [0.15, 0.2) is 72.8 Å². The molecule has 3 aromatic heterocycles. The number of aromatic hydroxyl groups is 1. The monoisotopic (exact) mass is 525 g/mol. The fourth-order valence-electron chi connectivity index (χ4n) is 3.76. The summed E-state index contributed by atoms with van der Waals surface area (Å²) in [5.41, 5.74) is 1.34. The Balaban J connectivity index is 0.00000274. The molecule has 2 aromatic carbocycles. The first kappa shape index (κ1) is 23.1. The van der Waals surface area contributed by atoms with Gasteiger partial charge in [0, 0.05) is 24.0 Å². The third kappa shape index (κ3) is 3.72.